The van der Waals surface area contributed by atoms with Gasteiger partial charge in [-0.1, -0.05) is 35.3 Å². The second-order valence-corrected chi connectivity index (χ2v) is 6.10. The number of carbonyl (C=O) groups excluding carboxylic acids is 2. The van der Waals surface area contributed by atoms with Crippen molar-refractivity contribution in [3.05, 3.63) is 52.5 Å². The van der Waals surface area contributed by atoms with E-state index in [9.17, 15) is 9.59 Å². The number of hydrogen-bond donors (Lipinski definition) is 2. The molecule has 2 aromatic rings. The second kappa shape index (κ2) is 7.63. The number of para-hydroxylation sites is 2. The van der Waals surface area contributed by atoms with Crippen LogP contribution in [0.3, 0.4) is 0 Å². The third-order valence-corrected chi connectivity index (χ3v) is 3.99. The van der Waals surface area contributed by atoms with Crippen LogP contribution in [-0.2, 0) is 9.59 Å². The van der Waals surface area contributed by atoms with Crippen LogP contribution in [-0.4, -0.2) is 31.1 Å². The van der Waals surface area contributed by atoms with Gasteiger partial charge in [-0.2, -0.15) is 0 Å². The Morgan fingerprint density at radius 3 is 2.68 bits per heavy atom. The Balaban J connectivity index is 1.52. The fourth-order valence-corrected chi connectivity index (χ4v) is 2.55. The largest absolute Gasteiger partial charge is 0.485 e. The number of fused-ring (bicyclic) bond motifs is 1. The third-order valence-electron chi connectivity index (χ3n) is 3.43. The molecule has 0 saturated carbocycles. The maximum atomic E-state index is 12.1. The lowest BCUT2D eigenvalue weighted by Gasteiger charge is -2.25. The van der Waals surface area contributed by atoms with Gasteiger partial charge >= 0.3 is 0 Å². The van der Waals surface area contributed by atoms with Crippen LogP contribution in [0.5, 0.6) is 11.5 Å². The Hall–Kier alpha value is -2.44. The van der Waals surface area contributed by atoms with E-state index in [0.29, 0.717) is 27.2 Å². The Morgan fingerprint density at radius 1 is 1.12 bits per heavy atom. The smallest absolute Gasteiger partial charge is 0.265 e. The molecule has 1 atom stereocenters. The molecule has 2 N–H and O–H groups in total. The average molecular weight is 381 g/mol. The predicted molar refractivity (Wildman–Crippen MR) is 94.5 cm³/mol. The molecule has 130 valence electrons. The van der Waals surface area contributed by atoms with Crippen molar-refractivity contribution in [3.63, 3.8) is 0 Å². The van der Waals surface area contributed by atoms with E-state index in [4.69, 9.17) is 32.7 Å². The number of nitrogens with one attached hydrogen (secondary N) is 2. The molecule has 2 aromatic carbocycles. The van der Waals surface area contributed by atoms with Crippen LogP contribution < -0.4 is 20.1 Å². The molecule has 0 aliphatic carbocycles. The molecule has 0 spiro atoms. The first-order valence-electron chi connectivity index (χ1n) is 7.44. The Morgan fingerprint density at radius 2 is 1.88 bits per heavy atom. The topological polar surface area (TPSA) is 76.7 Å². The fraction of sp³-hybridized carbons (Fsp3) is 0.176. The monoisotopic (exact) mass is 380 g/mol. The molecule has 6 nitrogen and oxygen atoms in total. The average Bonchev–Trinajstić information content (AvgIpc) is 2.62. The molecular formula is C17H14Cl2N2O4. The number of hydrogen-bond acceptors (Lipinski definition) is 4. The molecule has 1 heterocycles. The van der Waals surface area contributed by atoms with Gasteiger partial charge < -0.3 is 20.1 Å². The minimum absolute atomic E-state index is 0.0740. The molecule has 25 heavy (non-hydrogen) atoms. The number of benzene rings is 2. The number of carbonyl (C=O) groups is 2. The van der Waals surface area contributed by atoms with Crippen molar-refractivity contribution in [1.29, 1.82) is 0 Å². The van der Waals surface area contributed by atoms with E-state index >= 15 is 0 Å². The molecule has 0 radical (unpaired) electrons. The molecular weight excluding hydrogens is 367 g/mol. The highest BCUT2D eigenvalue weighted by atomic mass is 35.5. The van der Waals surface area contributed by atoms with Crippen LogP contribution in [0, 0.1) is 0 Å². The van der Waals surface area contributed by atoms with Gasteiger partial charge in [0.05, 0.1) is 17.3 Å². The first-order chi connectivity index (χ1) is 12.0. The molecule has 1 aliphatic heterocycles. The van der Waals surface area contributed by atoms with Gasteiger partial charge in [0.1, 0.15) is 6.61 Å². The normalized spacial score (nSPS) is 15.4. The zero-order chi connectivity index (χ0) is 17.8. The summed E-state index contributed by atoms with van der Waals surface area (Å²) in [4.78, 5) is 24.1. The lowest BCUT2D eigenvalue weighted by atomic mass is 10.2. The van der Waals surface area contributed by atoms with Gasteiger partial charge in [0.15, 0.2) is 11.5 Å². The van der Waals surface area contributed by atoms with E-state index in [1.54, 1.807) is 30.3 Å². The SMILES string of the molecule is O=C(CNC(=O)[C@H]1COc2ccccc2O1)Nc1cc(Cl)ccc1Cl. The molecule has 3 rings (SSSR count). The molecule has 0 bridgehead atoms. The van der Waals surface area contributed by atoms with E-state index in [1.807, 2.05) is 6.07 Å². The van der Waals surface area contributed by atoms with Crippen molar-refractivity contribution in [3.8, 4) is 11.5 Å². The van der Waals surface area contributed by atoms with E-state index in [0.717, 1.165) is 0 Å². The van der Waals surface area contributed by atoms with Gasteiger partial charge in [-0.3, -0.25) is 9.59 Å². The van der Waals surface area contributed by atoms with Crippen LogP contribution >= 0.6 is 23.2 Å². The summed E-state index contributed by atoms with van der Waals surface area (Å²) in [7, 11) is 0. The van der Waals surface area contributed by atoms with Crippen LogP contribution in [0.25, 0.3) is 0 Å². The highest BCUT2D eigenvalue weighted by Gasteiger charge is 2.27. The van der Waals surface area contributed by atoms with Gasteiger partial charge in [0.25, 0.3) is 5.91 Å². The molecule has 0 fully saturated rings. The first-order valence-corrected chi connectivity index (χ1v) is 8.19. The summed E-state index contributed by atoms with van der Waals surface area (Å²) < 4.78 is 11.0. The third kappa shape index (κ3) is 4.35. The number of anilines is 1. The van der Waals surface area contributed by atoms with Crippen molar-refractivity contribution >= 4 is 40.7 Å². The lowest BCUT2D eigenvalue weighted by molar-refractivity contribution is -0.131. The summed E-state index contributed by atoms with van der Waals surface area (Å²) in [6.07, 6.45) is -0.822. The van der Waals surface area contributed by atoms with Crippen molar-refractivity contribution in [2.24, 2.45) is 0 Å². The summed E-state index contributed by atoms with van der Waals surface area (Å²) >= 11 is 11.8. The van der Waals surface area contributed by atoms with Gasteiger partial charge in [-0.15, -0.1) is 0 Å². The van der Waals surface area contributed by atoms with Crippen molar-refractivity contribution < 1.29 is 19.1 Å². The van der Waals surface area contributed by atoms with Crippen molar-refractivity contribution in [2.75, 3.05) is 18.5 Å². The van der Waals surface area contributed by atoms with Crippen LogP contribution in [0.1, 0.15) is 0 Å². The number of amides is 2. The Kier molecular flexibility index (Phi) is 5.31. The zero-order valence-corrected chi connectivity index (χ0v) is 14.4. The minimum Gasteiger partial charge on any atom is -0.485 e. The second-order valence-electron chi connectivity index (χ2n) is 5.25. The maximum Gasteiger partial charge on any atom is 0.265 e. The van der Waals surface area contributed by atoms with E-state index < -0.39 is 17.9 Å². The van der Waals surface area contributed by atoms with Gasteiger partial charge in [-0.05, 0) is 30.3 Å². The van der Waals surface area contributed by atoms with Crippen LogP contribution in [0.15, 0.2) is 42.5 Å². The van der Waals surface area contributed by atoms with E-state index in [2.05, 4.69) is 10.6 Å². The van der Waals surface area contributed by atoms with Crippen LogP contribution in [0.2, 0.25) is 10.0 Å². The van der Waals surface area contributed by atoms with Gasteiger partial charge in [0, 0.05) is 5.02 Å². The molecule has 0 aromatic heterocycles. The summed E-state index contributed by atoms with van der Waals surface area (Å²) in [5.41, 5.74) is 0.375. The zero-order valence-electron chi connectivity index (χ0n) is 12.9. The van der Waals surface area contributed by atoms with Gasteiger partial charge in [-0.25, -0.2) is 0 Å². The molecule has 0 unspecified atom stereocenters. The molecule has 1 aliphatic rings. The lowest BCUT2D eigenvalue weighted by Crippen LogP contribution is -2.46. The molecule has 8 heteroatoms. The van der Waals surface area contributed by atoms with E-state index in [-0.39, 0.29) is 13.2 Å². The number of rotatable bonds is 4. The molecule has 2 amide bonds. The fourth-order valence-electron chi connectivity index (χ4n) is 2.22. The number of halogens is 2. The maximum absolute atomic E-state index is 12.1. The highest BCUT2D eigenvalue weighted by Crippen LogP contribution is 2.30. The summed E-state index contributed by atoms with van der Waals surface area (Å²) in [5.74, 6) is 0.195. The standard InChI is InChI=1S/C17H14Cl2N2O4/c18-10-5-6-11(19)12(7-10)21-16(22)8-20-17(23)15-9-24-13-3-1-2-4-14(13)25-15/h1-7,15H,8-9H2,(H,20,23)(H,21,22)/t15-/m1/s1. The predicted octanol–water partition coefficient (Wildman–Crippen LogP) is 2.89. The summed E-state index contributed by atoms with van der Waals surface area (Å²) in [5, 5.41) is 5.88. The highest BCUT2D eigenvalue weighted by molar-refractivity contribution is 6.35. The Bertz CT molecular complexity index is 813. The Labute approximate surface area is 154 Å². The summed E-state index contributed by atoms with van der Waals surface area (Å²) in [6, 6.07) is 11.8. The first kappa shape index (κ1) is 17.4. The van der Waals surface area contributed by atoms with Gasteiger partial charge in [0.2, 0.25) is 12.0 Å². The van der Waals surface area contributed by atoms with Crippen molar-refractivity contribution in [2.45, 2.75) is 6.10 Å². The van der Waals surface area contributed by atoms with Crippen LogP contribution in [0.4, 0.5) is 5.69 Å². The van der Waals surface area contributed by atoms with E-state index in [1.165, 1.54) is 6.07 Å². The summed E-state index contributed by atoms with van der Waals surface area (Å²) in [6.45, 7) is -0.159. The quantitative estimate of drug-likeness (QED) is 0.854. The minimum atomic E-state index is -0.822. The van der Waals surface area contributed by atoms with Crippen molar-refractivity contribution in [1.82, 2.24) is 5.32 Å². The number of ether oxygens (including phenoxy) is 2. The molecule has 0 saturated heterocycles.